The minimum absolute atomic E-state index is 0.398. The molecule has 7 rings (SSSR count). The Hall–Kier alpha value is -7.50. The normalized spacial score (nSPS) is 10.4. The third-order valence-corrected chi connectivity index (χ3v) is 8.19. The number of hydrogen-bond acceptors (Lipinski definition) is 6. The third-order valence-electron chi connectivity index (χ3n) is 8.19. The van der Waals surface area contributed by atoms with Gasteiger partial charge in [0.25, 0.3) is 0 Å². The lowest BCUT2D eigenvalue weighted by molar-refractivity contribution is 1.18. The molecule has 0 aliphatic rings. The van der Waals surface area contributed by atoms with Crippen molar-refractivity contribution < 1.29 is 0 Å². The number of pyridine rings is 1. The topological polar surface area (TPSA) is 137 Å². The lowest BCUT2D eigenvalue weighted by atomic mass is 9.98. The van der Waals surface area contributed by atoms with Crippen LogP contribution in [0.5, 0.6) is 0 Å². The van der Waals surface area contributed by atoms with Crippen LogP contribution < -0.4 is 0 Å². The van der Waals surface area contributed by atoms with E-state index in [1.807, 2.05) is 66.7 Å². The number of rotatable bonds is 4. The van der Waals surface area contributed by atoms with Crippen molar-refractivity contribution in [3.63, 3.8) is 0 Å². The number of hydrogen-bond donors (Lipinski definition) is 0. The monoisotopic (exact) mass is 597 g/mol. The van der Waals surface area contributed by atoms with Gasteiger partial charge in [-0.25, -0.2) is 0 Å². The molecule has 0 saturated carbocycles. The van der Waals surface area contributed by atoms with Crippen molar-refractivity contribution in [2.75, 3.05) is 0 Å². The molecule has 2 heterocycles. The van der Waals surface area contributed by atoms with Crippen LogP contribution in [0.1, 0.15) is 27.8 Å². The predicted molar refractivity (Wildman–Crippen MR) is 178 cm³/mol. The summed E-state index contributed by atoms with van der Waals surface area (Å²) in [5, 5.41) is 50.4. The van der Waals surface area contributed by atoms with Gasteiger partial charge in [-0.1, -0.05) is 24.3 Å². The first-order valence-electron chi connectivity index (χ1n) is 14.5. The second kappa shape index (κ2) is 11.5. The molecule has 7 nitrogen and oxygen atoms in total. The van der Waals surface area contributed by atoms with E-state index in [0.717, 1.165) is 60.9 Å². The number of aromatic nitrogens is 2. The van der Waals surface area contributed by atoms with Gasteiger partial charge in [0.1, 0.15) is 0 Å². The molecular weight excluding hydrogens is 578 g/mol. The van der Waals surface area contributed by atoms with Crippen molar-refractivity contribution in [3.8, 4) is 69.4 Å². The van der Waals surface area contributed by atoms with Gasteiger partial charge in [0, 0.05) is 34.4 Å². The Morgan fingerprint density at radius 3 is 1.36 bits per heavy atom. The van der Waals surface area contributed by atoms with Crippen molar-refractivity contribution in [2.24, 2.45) is 0 Å². The molecule has 0 saturated heterocycles. The van der Waals surface area contributed by atoms with E-state index < -0.39 is 0 Å². The number of nitrogens with zero attached hydrogens (tertiary/aromatic N) is 7. The van der Waals surface area contributed by atoms with Crippen LogP contribution >= 0.6 is 0 Å². The van der Waals surface area contributed by atoms with Crippen LogP contribution in [-0.2, 0) is 0 Å². The molecule has 0 radical (unpaired) electrons. The van der Waals surface area contributed by atoms with Crippen molar-refractivity contribution in [1.82, 2.24) is 9.55 Å². The second-order valence-electron chi connectivity index (χ2n) is 10.9. The minimum atomic E-state index is 0.398. The molecular formula is C40H19N7. The summed E-state index contributed by atoms with van der Waals surface area (Å²) in [4.78, 5) is 4.14. The van der Waals surface area contributed by atoms with E-state index in [2.05, 4.69) is 39.9 Å². The average molecular weight is 598 g/mol. The second-order valence-corrected chi connectivity index (χ2v) is 10.9. The molecule has 7 aromatic rings. The Morgan fingerprint density at radius 1 is 0.426 bits per heavy atom. The van der Waals surface area contributed by atoms with Crippen LogP contribution in [0.2, 0.25) is 0 Å². The predicted octanol–water partition coefficient (Wildman–Crippen LogP) is 8.54. The quantitative estimate of drug-likeness (QED) is 0.199. The molecule has 47 heavy (non-hydrogen) atoms. The minimum Gasteiger partial charge on any atom is -0.309 e. The maximum Gasteiger partial charge on any atom is 0.0998 e. The van der Waals surface area contributed by atoms with Gasteiger partial charge in [0.2, 0.25) is 0 Å². The zero-order valence-corrected chi connectivity index (χ0v) is 24.6. The van der Waals surface area contributed by atoms with Crippen molar-refractivity contribution in [3.05, 3.63) is 143 Å². The molecule has 0 atom stereocenters. The van der Waals surface area contributed by atoms with Crippen LogP contribution in [0.15, 0.2) is 116 Å². The Labute approximate surface area is 269 Å². The molecule has 5 aromatic carbocycles. The smallest absolute Gasteiger partial charge is 0.0998 e. The molecule has 0 bridgehead atoms. The first-order valence-corrected chi connectivity index (χ1v) is 14.5. The van der Waals surface area contributed by atoms with Gasteiger partial charge < -0.3 is 4.57 Å². The summed E-state index contributed by atoms with van der Waals surface area (Å²) >= 11 is 0. The highest BCUT2D eigenvalue weighted by atomic mass is 15.0. The molecule has 0 unspecified atom stereocenters. The maximum absolute atomic E-state index is 9.98. The van der Waals surface area contributed by atoms with Crippen LogP contribution in [0, 0.1) is 56.7 Å². The number of fused-ring (bicyclic) bond motifs is 3. The van der Waals surface area contributed by atoms with Crippen molar-refractivity contribution in [1.29, 1.82) is 26.3 Å². The molecule has 0 aliphatic carbocycles. The van der Waals surface area contributed by atoms with Crippen LogP contribution in [0.25, 0.3) is 60.9 Å². The third kappa shape index (κ3) is 4.98. The molecule has 0 N–H and O–H groups in total. The van der Waals surface area contributed by atoms with Crippen molar-refractivity contribution in [2.45, 2.75) is 0 Å². The lowest BCUT2D eigenvalue weighted by Crippen LogP contribution is -1.97. The lowest BCUT2D eigenvalue weighted by Gasteiger charge is -2.13. The summed E-state index contributed by atoms with van der Waals surface area (Å²) < 4.78 is 2.13. The van der Waals surface area contributed by atoms with E-state index in [1.165, 1.54) is 0 Å². The fourth-order valence-corrected chi connectivity index (χ4v) is 6.04. The zero-order valence-electron chi connectivity index (χ0n) is 24.6. The van der Waals surface area contributed by atoms with E-state index in [4.69, 9.17) is 0 Å². The highest BCUT2D eigenvalue weighted by Gasteiger charge is 2.17. The Balaban J connectivity index is 1.55. The molecule has 0 aliphatic heterocycles. The number of nitriles is 5. The zero-order chi connectivity index (χ0) is 32.5. The summed E-state index contributed by atoms with van der Waals surface area (Å²) in [6, 6.07) is 42.7. The standard InChI is InChI=1S/C40H19N7/c41-20-25-11-26(21-42)14-33(13-25)30-2-5-36-37-6-3-31(34-15-27(22-43)12-28(16-34)23-44)18-40(37)47(39(36)17-30)35-4-1-32(24-45)38(19-35)29-7-9-46-10-8-29/h1-19H. The largest absolute Gasteiger partial charge is 0.309 e. The Morgan fingerprint density at radius 2 is 0.915 bits per heavy atom. The van der Waals surface area contributed by atoms with Crippen LogP contribution in [0.3, 0.4) is 0 Å². The van der Waals surface area contributed by atoms with Gasteiger partial charge >= 0.3 is 0 Å². The first-order chi connectivity index (χ1) is 23.0. The van der Waals surface area contributed by atoms with E-state index >= 15 is 0 Å². The van der Waals surface area contributed by atoms with E-state index in [-0.39, 0.29) is 0 Å². The molecule has 0 amide bonds. The van der Waals surface area contributed by atoms with Gasteiger partial charge in [0.05, 0.1) is 69.2 Å². The van der Waals surface area contributed by atoms with Gasteiger partial charge in [-0.05, 0) is 107 Å². The molecule has 0 fully saturated rings. The van der Waals surface area contributed by atoms with Gasteiger partial charge in [-0.15, -0.1) is 0 Å². The fraction of sp³-hybridized carbons (Fsp3) is 0. The van der Waals surface area contributed by atoms with E-state index in [0.29, 0.717) is 27.8 Å². The van der Waals surface area contributed by atoms with Gasteiger partial charge in [0.15, 0.2) is 0 Å². The van der Waals surface area contributed by atoms with E-state index in [9.17, 15) is 26.3 Å². The average Bonchev–Trinajstić information content (AvgIpc) is 3.47. The molecule has 7 heteroatoms. The molecule has 2 aromatic heterocycles. The highest BCUT2D eigenvalue weighted by Crippen LogP contribution is 2.38. The first kappa shape index (κ1) is 28.3. The van der Waals surface area contributed by atoms with Crippen LogP contribution in [-0.4, -0.2) is 9.55 Å². The summed E-state index contributed by atoms with van der Waals surface area (Å²) in [7, 11) is 0. The summed E-state index contributed by atoms with van der Waals surface area (Å²) in [6.45, 7) is 0. The summed E-state index contributed by atoms with van der Waals surface area (Å²) in [5.74, 6) is 0. The maximum atomic E-state index is 9.98. The van der Waals surface area contributed by atoms with Gasteiger partial charge in [-0.3, -0.25) is 4.98 Å². The molecule has 214 valence electrons. The number of benzene rings is 5. The Kier molecular flexibility index (Phi) is 6.94. The summed E-state index contributed by atoms with van der Waals surface area (Å²) in [6.07, 6.45) is 3.38. The SMILES string of the molecule is N#Cc1cc(C#N)cc(-c2ccc3c4ccc(-c5cc(C#N)cc(C#N)c5)cc4n(-c4ccc(C#N)c(-c5ccncc5)c4)c3c2)c1. The van der Waals surface area contributed by atoms with Gasteiger partial charge in [-0.2, -0.15) is 26.3 Å². The highest BCUT2D eigenvalue weighted by molar-refractivity contribution is 6.11. The fourth-order valence-electron chi connectivity index (χ4n) is 6.04. The van der Waals surface area contributed by atoms with Crippen LogP contribution in [0.4, 0.5) is 0 Å². The van der Waals surface area contributed by atoms with E-state index in [1.54, 1.807) is 48.8 Å². The van der Waals surface area contributed by atoms with Crippen molar-refractivity contribution >= 4 is 21.8 Å². The summed E-state index contributed by atoms with van der Waals surface area (Å²) in [5.41, 5.74) is 9.46. The molecule has 0 spiro atoms. The Bertz CT molecular complexity index is 2430.